The van der Waals surface area contributed by atoms with Crippen molar-refractivity contribution in [1.82, 2.24) is 0 Å². The summed E-state index contributed by atoms with van der Waals surface area (Å²) < 4.78 is 0. The molecule has 0 aliphatic heterocycles. The number of nitrogens with one attached hydrogen (secondary N) is 1. The summed E-state index contributed by atoms with van der Waals surface area (Å²) in [5.74, 6) is 0. The Labute approximate surface area is 106 Å². The summed E-state index contributed by atoms with van der Waals surface area (Å²) >= 11 is 11.0. The molecule has 1 fully saturated rings. The van der Waals surface area contributed by atoms with Crippen LogP contribution in [0.4, 0.5) is 5.69 Å². The minimum absolute atomic E-state index is 0.171. The fourth-order valence-corrected chi connectivity index (χ4v) is 2.34. The zero-order valence-electron chi connectivity index (χ0n) is 9.22. The highest BCUT2D eigenvalue weighted by Crippen LogP contribution is 2.36. The van der Waals surface area contributed by atoms with E-state index in [1.165, 1.54) is 19.3 Å². The molecule has 3 N–H and O–H groups in total. The lowest BCUT2D eigenvalue weighted by Gasteiger charge is -2.40. The molecular weight excluding hydrogens is 240 g/mol. The zero-order valence-corrected chi connectivity index (χ0v) is 10.8. The quantitative estimate of drug-likeness (QED) is 0.813. The normalized spacial score (nSPS) is 17.6. The van der Waals surface area contributed by atoms with Crippen LogP contribution < -0.4 is 11.1 Å². The van der Waals surface area contributed by atoms with Gasteiger partial charge in [0.25, 0.3) is 0 Å². The first kappa shape index (κ1) is 11.7. The lowest BCUT2D eigenvalue weighted by molar-refractivity contribution is 0.306. The van der Waals surface area contributed by atoms with Crippen molar-refractivity contribution in [3.8, 4) is 0 Å². The maximum atomic E-state index is 5.99. The highest BCUT2D eigenvalue weighted by molar-refractivity contribution is 7.80. The van der Waals surface area contributed by atoms with Gasteiger partial charge in [-0.15, -0.1) is 0 Å². The second-order valence-corrected chi connectivity index (χ2v) is 5.47. The van der Waals surface area contributed by atoms with Crippen LogP contribution in [0, 0.1) is 0 Å². The molecule has 0 radical (unpaired) electrons. The van der Waals surface area contributed by atoms with E-state index in [0.717, 1.165) is 11.3 Å². The van der Waals surface area contributed by atoms with Gasteiger partial charge in [-0.3, -0.25) is 0 Å². The van der Waals surface area contributed by atoms with Gasteiger partial charge in [-0.05, 0) is 44.4 Å². The van der Waals surface area contributed by atoms with Gasteiger partial charge in [-0.25, -0.2) is 0 Å². The minimum atomic E-state index is 0.171. The lowest BCUT2D eigenvalue weighted by Crippen LogP contribution is -2.42. The molecule has 0 aromatic heterocycles. The molecule has 0 spiro atoms. The minimum Gasteiger partial charge on any atom is -0.389 e. The maximum absolute atomic E-state index is 5.99. The number of halogens is 1. The summed E-state index contributed by atoms with van der Waals surface area (Å²) in [6.45, 7) is 2.21. The Balaban J connectivity index is 2.30. The average Bonchev–Trinajstić information content (AvgIpc) is 2.15. The van der Waals surface area contributed by atoms with Gasteiger partial charge in [0.05, 0.1) is 0 Å². The molecular formula is C12H15ClN2S. The smallest absolute Gasteiger partial charge is 0.106 e. The molecule has 0 bridgehead atoms. The van der Waals surface area contributed by atoms with Gasteiger partial charge in [0, 0.05) is 21.8 Å². The van der Waals surface area contributed by atoms with Crippen molar-refractivity contribution >= 4 is 34.5 Å². The molecule has 1 aliphatic rings. The molecule has 86 valence electrons. The molecule has 0 amide bonds. The fraction of sp³-hybridized carbons (Fsp3) is 0.417. The molecule has 1 aliphatic carbocycles. The largest absolute Gasteiger partial charge is 0.389 e. The number of rotatable bonds is 3. The van der Waals surface area contributed by atoms with Gasteiger partial charge >= 0.3 is 0 Å². The Hall–Kier alpha value is -0.800. The first-order valence-corrected chi connectivity index (χ1v) is 6.16. The van der Waals surface area contributed by atoms with Gasteiger partial charge in [0.15, 0.2) is 0 Å². The maximum Gasteiger partial charge on any atom is 0.106 e. The summed E-state index contributed by atoms with van der Waals surface area (Å²) in [6, 6.07) is 5.57. The summed E-state index contributed by atoms with van der Waals surface area (Å²) in [5, 5.41) is 4.19. The van der Waals surface area contributed by atoms with Crippen LogP contribution in [0.15, 0.2) is 18.2 Å². The van der Waals surface area contributed by atoms with Crippen molar-refractivity contribution in [2.45, 2.75) is 31.7 Å². The Kier molecular flexibility index (Phi) is 3.08. The molecule has 0 unspecified atom stereocenters. The third-order valence-corrected chi connectivity index (χ3v) is 3.60. The van der Waals surface area contributed by atoms with Crippen molar-refractivity contribution in [2.75, 3.05) is 5.32 Å². The Bertz CT molecular complexity index is 427. The van der Waals surface area contributed by atoms with E-state index in [9.17, 15) is 0 Å². The fourth-order valence-electron chi connectivity index (χ4n) is 1.99. The van der Waals surface area contributed by atoms with Crippen LogP contribution in [-0.4, -0.2) is 10.5 Å². The average molecular weight is 255 g/mol. The van der Waals surface area contributed by atoms with Crippen molar-refractivity contribution in [2.24, 2.45) is 5.73 Å². The molecule has 16 heavy (non-hydrogen) atoms. The van der Waals surface area contributed by atoms with E-state index >= 15 is 0 Å². The van der Waals surface area contributed by atoms with Crippen LogP contribution >= 0.6 is 23.8 Å². The number of nitrogens with two attached hydrogens (primary N) is 1. The standard InChI is InChI=1S/C12H15ClN2S/c1-12(5-2-6-12)15-10-7-8(13)3-4-9(10)11(14)16/h3-4,7,15H,2,5-6H2,1H3,(H2,14,16). The second-order valence-electron chi connectivity index (χ2n) is 4.59. The Morgan fingerprint density at radius 2 is 2.19 bits per heavy atom. The van der Waals surface area contributed by atoms with Crippen molar-refractivity contribution in [1.29, 1.82) is 0 Å². The van der Waals surface area contributed by atoms with Crippen molar-refractivity contribution < 1.29 is 0 Å². The first-order chi connectivity index (χ1) is 7.50. The first-order valence-electron chi connectivity index (χ1n) is 5.38. The summed E-state index contributed by atoms with van der Waals surface area (Å²) in [4.78, 5) is 0.405. The van der Waals surface area contributed by atoms with Crippen LogP contribution in [0.1, 0.15) is 31.7 Å². The topological polar surface area (TPSA) is 38.0 Å². The highest BCUT2D eigenvalue weighted by Gasteiger charge is 2.32. The van der Waals surface area contributed by atoms with Crippen LogP contribution in [0.5, 0.6) is 0 Å². The second kappa shape index (κ2) is 4.22. The van der Waals surface area contributed by atoms with E-state index in [2.05, 4.69) is 12.2 Å². The number of thiocarbonyl (C=S) groups is 1. The lowest BCUT2D eigenvalue weighted by atomic mass is 9.78. The zero-order chi connectivity index (χ0) is 11.8. The van der Waals surface area contributed by atoms with E-state index in [1.807, 2.05) is 18.2 Å². The van der Waals surface area contributed by atoms with E-state index in [4.69, 9.17) is 29.6 Å². The highest BCUT2D eigenvalue weighted by atomic mass is 35.5. The summed E-state index contributed by atoms with van der Waals surface area (Å²) in [6.07, 6.45) is 3.62. The van der Waals surface area contributed by atoms with E-state index in [0.29, 0.717) is 10.0 Å². The molecule has 0 heterocycles. The van der Waals surface area contributed by atoms with Gasteiger partial charge in [0.1, 0.15) is 4.99 Å². The number of hydrogen-bond donors (Lipinski definition) is 2. The van der Waals surface area contributed by atoms with Gasteiger partial charge < -0.3 is 11.1 Å². The van der Waals surface area contributed by atoms with Crippen LogP contribution in [0.2, 0.25) is 5.02 Å². The summed E-state index contributed by atoms with van der Waals surface area (Å²) in [5.41, 5.74) is 7.68. The molecule has 1 saturated carbocycles. The third kappa shape index (κ3) is 2.30. The Morgan fingerprint density at radius 1 is 1.50 bits per heavy atom. The Morgan fingerprint density at radius 3 is 2.69 bits per heavy atom. The summed E-state index contributed by atoms with van der Waals surface area (Å²) in [7, 11) is 0. The SMILES string of the molecule is CC1(Nc2cc(Cl)ccc2C(N)=S)CCC1. The van der Waals surface area contributed by atoms with Crippen LogP contribution in [0.3, 0.4) is 0 Å². The number of hydrogen-bond acceptors (Lipinski definition) is 2. The molecule has 4 heteroatoms. The van der Waals surface area contributed by atoms with Gasteiger partial charge in [-0.1, -0.05) is 23.8 Å². The van der Waals surface area contributed by atoms with Crippen LogP contribution in [0.25, 0.3) is 0 Å². The van der Waals surface area contributed by atoms with Crippen LogP contribution in [-0.2, 0) is 0 Å². The van der Waals surface area contributed by atoms with Crippen molar-refractivity contribution in [3.05, 3.63) is 28.8 Å². The molecule has 2 rings (SSSR count). The van der Waals surface area contributed by atoms with E-state index in [1.54, 1.807) is 0 Å². The van der Waals surface area contributed by atoms with E-state index < -0.39 is 0 Å². The molecule has 0 saturated heterocycles. The number of benzene rings is 1. The molecule has 1 aromatic rings. The van der Waals surface area contributed by atoms with Crippen molar-refractivity contribution in [3.63, 3.8) is 0 Å². The van der Waals surface area contributed by atoms with Gasteiger partial charge in [-0.2, -0.15) is 0 Å². The molecule has 1 aromatic carbocycles. The monoisotopic (exact) mass is 254 g/mol. The van der Waals surface area contributed by atoms with Gasteiger partial charge in [0.2, 0.25) is 0 Å². The predicted octanol–water partition coefficient (Wildman–Crippen LogP) is 3.33. The predicted molar refractivity (Wildman–Crippen MR) is 73.2 cm³/mol. The third-order valence-electron chi connectivity index (χ3n) is 3.14. The number of anilines is 1. The molecule has 2 nitrogen and oxygen atoms in total. The molecule has 0 atom stereocenters. The van der Waals surface area contributed by atoms with E-state index in [-0.39, 0.29) is 5.54 Å².